The highest BCUT2D eigenvalue weighted by atomic mass is 127. The van der Waals surface area contributed by atoms with E-state index < -0.39 is 0 Å². The van der Waals surface area contributed by atoms with E-state index in [-0.39, 0.29) is 5.56 Å². The second-order valence-electron chi connectivity index (χ2n) is 10.4. The number of aromatic amines is 2. The molecule has 9 nitrogen and oxygen atoms in total. The van der Waals surface area contributed by atoms with Crippen LogP contribution in [0.5, 0.6) is 0 Å². The average Bonchev–Trinajstić information content (AvgIpc) is 3.55. The Morgan fingerprint density at radius 2 is 2.00 bits per heavy atom. The van der Waals surface area contributed by atoms with E-state index in [1.807, 2.05) is 23.1 Å². The number of pyridine rings is 1. The Bertz CT molecular complexity index is 1460. The number of H-pyrrole nitrogens is 2. The van der Waals surface area contributed by atoms with Crippen molar-refractivity contribution in [2.45, 2.75) is 51.1 Å². The molecule has 2 aliphatic rings. The minimum atomic E-state index is -0.166. The lowest BCUT2D eigenvalue weighted by Crippen LogP contribution is -2.43. The number of ether oxygens (including phenoxy) is 1. The summed E-state index contributed by atoms with van der Waals surface area (Å²) in [6, 6.07) is 7.11. The second kappa shape index (κ2) is 11.2. The van der Waals surface area contributed by atoms with Crippen LogP contribution in [0.2, 0.25) is 0 Å². The maximum atomic E-state index is 12.9. The standard InChI is InChI=1S/C28H34IN7O2/c1-18-14-20(19-3-9-35(10-4-19)22-5-12-38-13-6-22)15-24-26(18)34-27(33-24)25-23(2-7-31-28(25)37)30-8-11-36-17-21(29)16-32-36/h2,7,14-17,19,22H,3-6,8-13H2,1H3,(H,33,34)(H2,30,31,37). The highest BCUT2D eigenvalue weighted by Crippen LogP contribution is 2.34. The summed E-state index contributed by atoms with van der Waals surface area (Å²) in [5.74, 6) is 1.14. The molecule has 5 heterocycles. The van der Waals surface area contributed by atoms with Crippen LogP contribution in [0.25, 0.3) is 22.4 Å². The van der Waals surface area contributed by atoms with Crippen LogP contribution in [-0.4, -0.2) is 68.5 Å². The van der Waals surface area contributed by atoms with Crippen LogP contribution < -0.4 is 10.9 Å². The number of hydrogen-bond acceptors (Lipinski definition) is 6. The van der Waals surface area contributed by atoms with Gasteiger partial charge in [-0.15, -0.1) is 0 Å². The Balaban J connectivity index is 1.20. The van der Waals surface area contributed by atoms with Gasteiger partial charge in [-0.1, -0.05) is 6.07 Å². The quantitative estimate of drug-likeness (QED) is 0.261. The van der Waals surface area contributed by atoms with Crippen molar-refractivity contribution in [3.05, 3.63) is 61.8 Å². The third kappa shape index (κ3) is 5.39. The van der Waals surface area contributed by atoms with Crippen LogP contribution >= 0.6 is 22.6 Å². The monoisotopic (exact) mass is 627 g/mol. The predicted molar refractivity (Wildman–Crippen MR) is 158 cm³/mol. The van der Waals surface area contributed by atoms with Crippen molar-refractivity contribution >= 4 is 39.3 Å². The van der Waals surface area contributed by atoms with Gasteiger partial charge in [0.1, 0.15) is 11.4 Å². The van der Waals surface area contributed by atoms with E-state index in [2.05, 4.69) is 66.9 Å². The van der Waals surface area contributed by atoms with Crippen LogP contribution in [0.4, 0.5) is 5.69 Å². The number of halogens is 1. The summed E-state index contributed by atoms with van der Waals surface area (Å²) < 4.78 is 8.55. The summed E-state index contributed by atoms with van der Waals surface area (Å²) in [5, 5.41) is 7.74. The van der Waals surface area contributed by atoms with Crippen LogP contribution in [0.15, 0.2) is 41.6 Å². The topological polar surface area (TPSA) is 104 Å². The van der Waals surface area contributed by atoms with Crippen molar-refractivity contribution in [2.75, 3.05) is 38.2 Å². The molecule has 6 rings (SSSR count). The molecule has 0 radical (unpaired) electrons. The maximum absolute atomic E-state index is 12.9. The molecule has 38 heavy (non-hydrogen) atoms. The minimum Gasteiger partial charge on any atom is -0.382 e. The fourth-order valence-corrected chi connectivity index (χ4v) is 6.39. The number of fused-ring (bicyclic) bond motifs is 1. The molecule has 3 aromatic heterocycles. The molecular weight excluding hydrogens is 593 g/mol. The number of aryl methyl sites for hydroxylation is 1. The molecule has 1 aromatic carbocycles. The zero-order valence-corrected chi connectivity index (χ0v) is 23.8. The summed E-state index contributed by atoms with van der Waals surface area (Å²) >= 11 is 2.25. The number of piperidine rings is 1. The van der Waals surface area contributed by atoms with Crippen LogP contribution in [-0.2, 0) is 11.3 Å². The van der Waals surface area contributed by atoms with E-state index in [0.29, 0.717) is 36.4 Å². The first-order chi connectivity index (χ1) is 18.5. The molecule has 0 aliphatic carbocycles. The van der Waals surface area contributed by atoms with Gasteiger partial charge in [-0.25, -0.2) is 4.98 Å². The number of hydrogen-bond donors (Lipinski definition) is 3. The lowest BCUT2D eigenvalue weighted by atomic mass is 9.87. The van der Waals surface area contributed by atoms with Crippen LogP contribution in [0.3, 0.4) is 0 Å². The lowest BCUT2D eigenvalue weighted by molar-refractivity contribution is 0.0252. The molecule has 3 N–H and O–H groups in total. The van der Waals surface area contributed by atoms with Gasteiger partial charge in [0.25, 0.3) is 5.56 Å². The Hall–Kier alpha value is -2.70. The molecule has 0 amide bonds. The minimum absolute atomic E-state index is 0.166. The maximum Gasteiger partial charge on any atom is 0.261 e. The van der Waals surface area contributed by atoms with Gasteiger partial charge in [0, 0.05) is 38.2 Å². The zero-order chi connectivity index (χ0) is 26.1. The Morgan fingerprint density at radius 3 is 2.76 bits per heavy atom. The summed E-state index contributed by atoms with van der Waals surface area (Å²) in [6.07, 6.45) is 10.2. The first-order valence-corrected chi connectivity index (χ1v) is 14.6. The molecule has 0 saturated carbocycles. The Morgan fingerprint density at radius 1 is 1.18 bits per heavy atom. The molecule has 0 bridgehead atoms. The van der Waals surface area contributed by atoms with Crippen molar-refractivity contribution in [1.82, 2.24) is 29.6 Å². The van der Waals surface area contributed by atoms with Gasteiger partial charge in [-0.2, -0.15) is 5.10 Å². The fourth-order valence-electron chi connectivity index (χ4n) is 5.95. The van der Waals surface area contributed by atoms with Gasteiger partial charge in [0.05, 0.1) is 33.0 Å². The van der Waals surface area contributed by atoms with Crippen molar-refractivity contribution in [3.63, 3.8) is 0 Å². The van der Waals surface area contributed by atoms with E-state index in [0.717, 1.165) is 65.0 Å². The molecule has 0 unspecified atom stereocenters. The highest BCUT2D eigenvalue weighted by Gasteiger charge is 2.27. The first kappa shape index (κ1) is 25.6. The number of nitrogens with one attached hydrogen (secondary N) is 3. The molecule has 4 aromatic rings. The zero-order valence-electron chi connectivity index (χ0n) is 21.7. The van der Waals surface area contributed by atoms with Gasteiger partial charge >= 0.3 is 0 Å². The average molecular weight is 628 g/mol. The molecule has 2 saturated heterocycles. The number of benzene rings is 1. The normalized spacial score (nSPS) is 17.8. The SMILES string of the molecule is Cc1cc(C2CCN(C3CCOCC3)CC2)cc2[nH]c(-c3c(NCCn4cc(I)cn4)cc[nH]c3=O)nc12. The van der Waals surface area contributed by atoms with E-state index in [9.17, 15) is 4.79 Å². The van der Waals surface area contributed by atoms with Gasteiger partial charge in [0.2, 0.25) is 0 Å². The summed E-state index contributed by atoms with van der Waals surface area (Å²) in [5.41, 5.74) is 5.54. The molecule has 2 aliphatic heterocycles. The van der Waals surface area contributed by atoms with Crippen molar-refractivity contribution < 1.29 is 4.74 Å². The second-order valence-corrected chi connectivity index (χ2v) is 11.7. The smallest absolute Gasteiger partial charge is 0.261 e. The van der Waals surface area contributed by atoms with Crippen LogP contribution in [0.1, 0.15) is 42.7 Å². The first-order valence-electron chi connectivity index (χ1n) is 13.5. The third-order valence-corrected chi connectivity index (χ3v) is 8.52. The number of imidazole rings is 1. The predicted octanol–water partition coefficient (Wildman–Crippen LogP) is 4.50. The molecule has 200 valence electrons. The fraction of sp³-hybridized carbons (Fsp3) is 0.464. The van der Waals surface area contributed by atoms with E-state index in [4.69, 9.17) is 9.72 Å². The largest absolute Gasteiger partial charge is 0.382 e. The van der Waals surface area contributed by atoms with Crippen LogP contribution in [0, 0.1) is 10.5 Å². The summed E-state index contributed by atoms with van der Waals surface area (Å²) in [7, 11) is 0. The number of nitrogens with zero attached hydrogens (tertiary/aromatic N) is 4. The summed E-state index contributed by atoms with van der Waals surface area (Å²) in [4.78, 5) is 26.8. The van der Waals surface area contributed by atoms with E-state index in [1.165, 1.54) is 18.4 Å². The Labute approximate surface area is 235 Å². The number of aromatic nitrogens is 5. The van der Waals surface area contributed by atoms with Gasteiger partial charge in [0.15, 0.2) is 0 Å². The third-order valence-electron chi connectivity index (χ3n) is 7.96. The van der Waals surface area contributed by atoms with Gasteiger partial charge in [-0.3, -0.25) is 9.48 Å². The molecule has 0 atom stereocenters. The molecule has 10 heteroatoms. The van der Waals surface area contributed by atoms with E-state index >= 15 is 0 Å². The number of likely N-dealkylation sites (tertiary alicyclic amines) is 1. The molecular formula is C28H34IN7O2. The van der Waals surface area contributed by atoms with Crippen molar-refractivity contribution in [2.24, 2.45) is 0 Å². The molecule has 2 fully saturated rings. The highest BCUT2D eigenvalue weighted by molar-refractivity contribution is 14.1. The number of rotatable bonds is 7. The van der Waals surface area contributed by atoms with Gasteiger partial charge in [-0.05, 0) is 97.5 Å². The molecule has 0 spiro atoms. The summed E-state index contributed by atoms with van der Waals surface area (Å²) in [6.45, 7) is 7.55. The lowest BCUT2D eigenvalue weighted by Gasteiger charge is -2.39. The van der Waals surface area contributed by atoms with Crippen molar-refractivity contribution in [1.29, 1.82) is 0 Å². The number of anilines is 1. The van der Waals surface area contributed by atoms with Gasteiger partial charge < -0.3 is 24.9 Å². The van der Waals surface area contributed by atoms with Crippen molar-refractivity contribution in [3.8, 4) is 11.4 Å². The van der Waals surface area contributed by atoms with E-state index in [1.54, 1.807) is 6.20 Å². The Kier molecular flexibility index (Phi) is 7.53.